The Morgan fingerprint density at radius 2 is 2.00 bits per heavy atom. The Bertz CT molecular complexity index is 1240. The first-order chi connectivity index (χ1) is 13.3. The molecule has 0 spiro atoms. The highest BCUT2D eigenvalue weighted by molar-refractivity contribution is 7.22. The Morgan fingerprint density at radius 1 is 1.04 bits per heavy atom. The molecule has 5 aromatic rings. The van der Waals surface area contributed by atoms with E-state index in [1.807, 2.05) is 30.6 Å². The zero-order chi connectivity index (χ0) is 18.2. The molecule has 0 aliphatic heterocycles. The lowest BCUT2D eigenvalue weighted by molar-refractivity contribution is 0.398. The van der Waals surface area contributed by atoms with Crippen LogP contribution in [0.4, 0.5) is 11.5 Å². The molecule has 0 bridgehead atoms. The fraction of sp³-hybridized carbons (Fsp3) is 0.0500. The molecule has 2 N–H and O–H groups in total. The molecule has 0 aliphatic rings. The van der Waals surface area contributed by atoms with Crippen molar-refractivity contribution in [2.24, 2.45) is 0 Å². The van der Waals surface area contributed by atoms with E-state index in [2.05, 4.69) is 49.5 Å². The third-order valence-electron chi connectivity index (χ3n) is 4.36. The molecule has 27 heavy (non-hydrogen) atoms. The normalized spacial score (nSPS) is 11.1. The van der Waals surface area contributed by atoms with Crippen LogP contribution in [-0.2, 0) is 0 Å². The van der Waals surface area contributed by atoms with Crippen molar-refractivity contribution in [3.8, 4) is 16.3 Å². The number of benzene rings is 1. The van der Waals surface area contributed by atoms with Crippen molar-refractivity contribution in [2.45, 2.75) is 0 Å². The summed E-state index contributed by atoms with van der Waals surface area (Å²) in [5.41, 5.74) is 4.03. The summed E-state index contributed by atoms with van der Waals surface area (Å²) < 4.78 is 6.14. The lowest BCUT2D eigenvalue weighted by Crippen LogP contribution is -1.94. The minimum absolute atomic E-state index is 0.599. The zero-order valence-corrected chi connectivity index (χ0v) is 15.2. The molecule has 0 saturated heterocycles. The minimum Gasteiger partial charge on any atom is -0.481 e. The van der Waals surface area contributed by atoms with E-state index in [-0.39, 0.29) is 0 Å². The van der Waals surface area contributed by atoms with Gasteiger partial charge < -0.3 is 15.0 Å². The number of hydrogen-bond donors (Lipinski definition) is 2. The Labute approximate surface area is 158 Å². The van der Waals surface area contributed by atoms with Crippen molar-refractivity contribution >= 4 is 44.0 Å². The van der Waals surface area contributed by atoms with E-state index in [4.69, 9.17) is 4.74 Å². The lowest BCUT2D eigenvalue weighted by atomic mass is 10.2. The van der Waals surface area contributed by atoms with Gasteiger partial charge in [-0.1, -0.05) is 0 Å². The summed E-state index contributed by atoms with van der Waals surface area (Å²) in [5.74, 6) is 1.40. The van der Waals surface area contributed by atoms with Crippen LogP contribution in [0.25, 0.3) is 31.6 Å². The number of fused-ring (bicyclic) bond motifs is 2. The number of nitrogens with zero attached hydrogens (tertiary/aromatic N) is 3. The third kappa shape index (κ3) is 2.88. The summed E-state index contributed by atoms with van der Waals surface area (Å²) in [7, 11) is 1.61. The number of ether oxygens (including phenoxy) is 1. The van der Waals surface area contributed by atoms with Gasteiger partial charge in [-0.25, -0.2) is 15.0 Å². The van der Waals surface area contributed by atoms with Gasteiger partial charge in [0.15, 0.2) is 5.82 Å². The molecular weight excluding hydrogens is 358 g/mol. The van der Waals surface area contributed by atoms with Crippen LogP contribution in [0, 0.1) is 0 Å². The van der Waals surface area contributed by atoms with Gasteiger partial charge >= 0.3 is 0 Å². The van der Waals surface area contributed by atoms with Gasteiger partial charge in [0.25, 0.3) is 0 Å². The highest BCUT2D eigenvalue weighted by Gasteiger charge is 2.11. The lowest BCUT2D eigenvalue weighted by Gasteiger charge is -2.06. The molecule has 0 radical (unpaired) electrons. The van der Waals surface area contributed by atoms with Crippen LogP contribution in [0.3, 0.4) is 0 Å². The largest absolute Gasteiger partial charge is 0.481 e. The van der Waals surface area contributed by atoms with Gasteiger partial charge in [-0.3, -0.25) is 0 Å². The van der Waals surface area contributed by atoms with Crippen LogP contribution < -0.4 is 10.1 Å². The van der Waals surface area contributed by atoms with Gasteiger partial charge in [-0.05, 0) is 36.4 Å². The van der Waals surface area contributed by atoms with E-state index in [0.29, 0.717) is 5.88 Å². The molecule has 6 nitrogen and oxygen atoms in total. The Balaban J connectivity index is 1.53. The van der Waals surface area contributed by atoms with Crippen LogP contribution in [0.1, 0.15) is 0 Å². The van der Waals surface area contributed by atoms with E-state index < -0.39 is 0 Å². The molecule has 0 fully saturated rings. The molecule has 132 valence electrons. The number of thiophene rings is 1. The van der Waals surface area contributed by atoms with Gasteiger partial charge in [-0.15, -0.1) is 11.3 Å². The van der Waals surface area contributed by atoms with Gasteiger partial charge in [0, 0.05) is 45.5 Å². The highest BCUT2D eigenvalue weighted by Crippen LogP contribution is 2.36. The van der Waals surface area contributed by atoms with E-state index in [9.17, 15) is 0 Å². The fourth-order valence-electron chi connectivity index (χ4n) is 3.00. The second-order valence-electron chi connectivity index (χ2n) is 6.04. The van der Waals surface area contributed by atoms with Crippen molar-refractivity contribution in [1.29, 1.82) is 0 Å². The molecule has 4 aromatic heterocycles. The zero-order valence-electron chi connectivity index (χ0n) is 14.4. The first-order valence-electron chi connectivity index (χ1n) is 8.39. The average molecular weight is 373 g/mol. The number of aromatic nitrogens is 4. The van der Waals surface area contributed by atoms with Gasteiger partial charge in [-0.2, -0.15) is 0 Å². The van der Waals surface area contributed by atoms with Crippen molar-refractivity contribution in [1.82, 2.24) is 19.9 Å². The summed E-state index contributed by atoms with van der Waals surface area (Å²) in [6.07, 6.45) is 5.33. The summed E-state index contributed by atoms with van der Waals surface area (Å²) >= 11 is 1.64. The number of aromatic amines is 1. The van der Waals surface area contributed by atoms with Crippen LogP contribution in [-0.4, -0.2) is 27.0 Å². The van der Waals surface area contributed by atoms with E-state index in [0.717, 1.165) is 43.1 Å². The maximum absolute atomic E-state index is 5.13. The molecule has 1 aromatic carbocycles. The Kier molecular flexibility index (Phi) is 3.72. The topological polar surface area (TPSA) is 75.7 Å². The van der Waals surface area contributed by atoms with Crippen LogP contribution in [0.2, 0.25) is 0 Å². The molecule has 0 aliphatic carbocycles. The average Bonchev–Trinajstić information content (AvgIpc) is 3.35. The SMILES string of the molecule is COc1ccc(-c2cc3ncnc(Nc4ccc5[nH]ccc5c4)c3s2)cn1. The minimum atomic E-state index is 0.599. The molecule has 0 unspecified atom stereocenters. The number of anilines is 2. The quantitative estimate of drug-likeness (QED) is 0.464. The third-order valence-corrected chi connectivity index (χ3v) is 5.54. The van der Waals surface area contributed by atoms with Crippen molar-refractivity contribution in [3.05, 3.63) is 61.2 Å². The molecule has 4 heterocycles. The fourth-order valence-corrected chi connectivity index (χ4v) is 4.05. The first-order valence-corrected chi connectivity index (χ1v) is 9.21. The molecule has 5 rings (SSSR count). The second kappa shape index (κ2) is 6.37. The maximum atomic E-state index is 5.13. The van der Waals surface area contributed by atoms with Crippen LogP contribution >= 0.6 is 11.3 Å². The predicted octanol–water partition coefficient (Wildman–Crippen LogP) is 4.99. The summed E-state index contributed by atoms with van der Waals surface area (Å²) in [4.78, 5) is 17.4. The number of methoxy groups -OCH3 is 1. The first kappa shape index (κ1) is 15.8. The summed E-state index contributed by atoms with van der Waals surface area (Å²) in [6.45, 7) is 0. The van der Waals surface area contributed by atoms with E-state index >= 15 is 0 Å². The molecule has 0 saturated carbocycles. The summed E-state index contributed by atoms with van der Waals surface area (Å²) in [5, 5.41) is 4.58. The van der Waals surface area contributed by atoms with Crippen molar-refractivity contribution in [2.75, 3.05) is 12.4 Å². The maximum Gasteiger partial charge on any atom is 0.212 e. The monoisotopic (exact) mass is 373 g/mol. The van der Waals surface area contributed by atoms with Gasteiger partial charge in [0.05, 0.1) is 17.3 Å². The number of hydrogen-bond acceptors (Lipinski definition) is 6. The number of pyridine rings is 1. The highest BCUT2D eigenvalue weighted by atomic mass is 32.1. The standard InChI is InChI=1S/C20H15N5OS/c1-26-18-5-2-13(10-22-18)17-9-16-19(27-17)20(24-11-23-16)25-14-3-4-15-12(8-14)6-7-21-15/h2-11,21H,1H3,(H,23,24,25). The van der Waals surface area contributed by atoms with Crippen LogP contribution in [0.5, 0.6) is 5.88 Å². The number of H-pyrrole nitrogens is 1. The summed E-state index contributed by atoms with van der Waals surface area (Å²) in [6, 6.07) is 14.2. The molecule has 7 heteroatoms. The number of nitrogens with one attached hydrogen (secondary N) is 2. The Hall–Kier alpha value is -3.45. The molecule has 0 atom stereocenters. The molecular formula is C20H15N5OS. The smallest absolute Gasteiger partial charge is 0.212 e. The van der Waals surface area contributed by atoms with Gasteiger partial charge in [0.2, 0.25) is 5.88 Å². The predicted molar refractivity (Wildman–Crippen MR) is 109 cm³/mol. The van der Waals surface area contributed by atoms with Crippen molar-refractivity contribution < 1.29 is 4.74 Å². The van der Waals surface area contributed by atoms with E-state index in [1.54, 1.807) is 24.8 Å². The van der Waals surface area contributed by atoms with Gasteiger partial charge in [0.1, 0.15) is 6.33 Å². The van der Waals surface area contributed by atoms with E-state index in [1.165, 1.54) is 0 Å². The Morgan fingerprint density at radius 3 is 2.85 bits per heavy atom. The second-order valence-corrected chi connectivity index (χ2v) is 7.09. The molecule has 0 amide bonds. The number of rotatable bonds is 4. The van der Waals surface area contributed by atoms with Crippen molar-refractivity contribution in [3.63, 3.8) is 0 Å². The van der Waals surface area contributed by atoms with Crippen LogP contribution in [0.15, 0.2) is 61.2 Å².